The Bertz CT molecular complexity index is 647. The number of nitrogens with one attached hydrogen (secondary N) is 1. The number of nitrogens with zero attached hydrogens (tertiary/aromatic N) is 2. The van der Waals surface area contributed by atoms with Crippen molar-refractivity contribution in [2.24, 2.45) is 0 Å². The Kier molecular flexibility index (Phi) is 4.42. The molecule has 1 aromatic heterocycles. The summed E-state index contributed by atoms with van der Waals surface area (Å²) in [7, 11) is 1.62. The molecule has 5 nitrogen and oxygen atoms in total. The van der Waals surface area contributed by atoms with Crippen molar-refractivity contribution in [2.45, 2.75) is 54.7 Å². The number of aryl methyl sites for hydroxylation is 1. The standard InChI is InChI=1S/C17H23F2N3O2S/c1-11-3-14(15(23-2)20-7-11)25-22-9-16(10-22)4-13(8-24-16)21-12-5-17(18,19)6-12/h3,7,12-13,21H,4-6,8-10H2,1-2H3. The van der Waals surface area contributed by atoms with Crippen LogP contribution in [-0.2, 0) is 4.74 Å². The van der Waals surface area contributed by atoms with Gasteiger partial charge in [-0.2, -0.15) is 0 Å². The van der Waals surface area contributed by atoms with E-state index in [2.05, 4.69) is 20.7 Å². The summed E-state index contributed by atoms with van der Waals surface area (Å²) in [5.41, 5.74) is 0.957. The topological polar surface area (TPSA) is 46.6 Å². The van der Waals surface area contributed by atoms with Crippen LogP contribution in [0.25, 0.3) is 0 Å². The first-order valence-electron chi connectivity index (χ1n) is 8.58. The molecule has 25 heavy (non-hydrogen) atoms. The smallest absolute Gasteiger partial charge is 0.251 e. The maximum absolute atomic E-state index is 12.9. The predicted molar refractivity (Wildman–Crippen MR) is 91.1 cm³/mol. The highest BCUT2D eigenvalue weighted by Gasteiger charge is 2.52. The molecule has 1 spiro atoms. The number of methoxy groups -OCH3 is 1. The average Bonchev–Trinajstić information content (AvgIpc) is 2.89. The summed E-state index contributed by atoms with van der Waals surface area (Å²) in [6.45, 7) is 4.27. The van der Waals surface area contributed by atoms with Crippen molar-refractivity contribution in [3.8, 4) is 5.88 Å². The molecule has 0 radical (unpaired) electrons. The monoisotopic (exact) mass is 371 g/mol. The Morgan fingerprint density at radius 3 is 2.76 bits per heavy atom. The summed E-state index contributed by atoms with van der Waals surface area (Å²) in [5, 5.41) is 3.32. The summed E-state index contributed by atoms with van der Waals surface area (Å²) < 4.78 is 39.5. The summed E-state index contributed by atoms with van der Waals surface area (Å²) >= 11 is 1.63. The van der Waals surface area contributed by atoms with Crippen molar-refractivity contribution >= 4 is 11.9 Å². The van der Waals surface area contributed by atoms with E-state index in [4.69, 9.17) is 9.47 Å². The molecule has 3 fully saturated rings. The molecule has 138 valence electrons. The van der Waals surface area contributed by atoms with Gasteiger partial charge in [-0.05, 0) is 36.9 Å². The Morgan fingerprint density at radius 2 is 2.08 bits per heavy atom. The molecule has 1 atom stereocenters. The van der Waals surface area contributed by atoms with Crippen LogP contribution in [-0.4, -0.2) is 59.7 Å². The van der Waals surface area contributed by atoms with Crippen LogP contribution in [0.1, 0.15) is 24.8 Å². The highest BCUT2D eigenvalue weighted by molar-refractivity contribution is 7.97. The fourth-order valence-corrected chi connectivity index (χ4v) is 5.16. The van der Waals surface area contributed by atoms with Gasteiger partial charge in [0.25, 0.3) is 5.92 Å². The molecule has 0 amide bonds. The summed E-state index contributed by atoms with van der Waals surface area (Å²) in [6.07, 6.45) is 2.59. The van der Waals surface area contributed by atoms with Crippen molar-refractivity contribution in [1.82, 2.24) is 14.6 Å². The van der Waals surface area contributed by atoms with Gasteiger partial charge in [-0.15, -0.1) is 0 Å². The van der Waals surface area contributed by atoms with Crippen LogP contribution in [0.3, 0.4) is 0 Å². The van der Waals surface area contributed by atoms with E-state index in [0.717, 1.165) is 30.0 Å². The van der Waals surface area contributed by atoms with Crippen molar-refractivity contribution < 1.29 is 18.3 Å². The van der Waals surface area contributed by atoms with Crippen LogP contribution in [0.5, 0.6) is 5.88 Å². The lowest BCUT2D eigenvalue weighted by Crippen LogP contribution is -2.59. The van der Waals surface area contributed by atoms with Crippen LogP contribution in [0, 0.1) is 6.92 Å². The second-order valence-corrected chi connectivity index (χ2v) is 8.57. The number of ether oxygens (including phenoxy) is 2. The minimum absolute atomic E-state index is 0.0430. The zero-order valence-corrected chi connectivity index (χ0v) is 15.2. The SMILES string of the molecule is COc1ncc(C)cc1SN1CC2(CC(NC3CC(F)(F)C3)CO2)C1. The number of pyridine rings is 1. The largest absolute Gasteiger partial charge is 0.480 e. The lowest BCUT2D eigenvalue weighted by molar-refractivity contribution is -0.0949. The summed E-state index contributed by atoms with van der Waals surface area (Å²) in [6, 6.07) is 2.19. The van der Waals surface area contributed by atoms with Gasteiger partial charge in [-0.25, -0.2) is 18.1 Å². The molecular formula is C17H23F2N3O2S. The highest BCUT2D eigenvalue weighted by Crippen LogP contribution is 2.43. The first-order valence-corrected chi connectivity index (χ1v) is 9.35. The van der Waals surface area contributed by atoms with Crippen LogP contribution in [0.15, 0.2) is 17.2 Å². The molecule has 3 aliphatic rings. The van der Waals surface area contributed by atoms with Gasteiger partial charge in [0.2, 0.25) is 5.88 Å². The van der Waals surface area contributed by atoms with Gasteiger partial charge in [0.1, 0.15) is 0 Å². The fraction of sp³-hybridized carbons (Fsp3) is 0.706. The highest BCUT2D eigenvalue weighted by atomic mass is 32.2. The molecule has 1 aromatic rings. The van der Waals surface area contributed by atoms with E-state index in [1.54, 1.807) is 25.3 Å². The molecule has 1 aliphatic carbocycles. The second-order valence-electron chi connectivity index (χ2n) is 7.43. The Labute approximate surface area is 150 Å². The van der Waals surface area contributed by atoms with E-state index in [1.807, 2.05) is 6.92 Å². The lowest BCUT2D eigenvalue weighted by atomic mass is 9.86. The molecule has 3 heterocycles. The van der Waals surface area contributed by atoms with Crippen LogP contribution >= 0.6 is 11.9 Å². The van der Waals surface area contributed by atoms with Crippen LogP contribution < -0.4 is 10.1 Å². The molecule has 1 saturated carbocycles. The van der Waals surface area contributed by atoms with Gasteiger partial charge < -0.3 is 14.8 Å². The molecule has 2 saturated heterocycles. The average molecular weight is 371 g/mol. The predicted octanol–water partition coefficient (Wildman–Crippen LogP) is 2.64. The van der Waals surface area contributed by atoms with Gasteiger partial charge in [0.05, 0.1) is 24.2 Å². The first kappa shape index (κ1) is 17.5. The molecule has 4 rings (SSSR count). The molecule has 2 aliphatic heterocycles. The quantitative estimate of drug-likeness (QED) is 0.803. The van der Waals surface area contributed by atoms with E-state index >= 15 is 0 Å². The molecule has 0 bridgehead atoms. The minimum Gasteiger partial charge on any atom is -0.480 e. The minimum atomic E-state index is -2.47. The van der Waals surface area contributed by atoms with Crippen LogP contribution in [0.4, 0.5) is 8.78 Å². The van der Waals surface area contributed by atoms with Crippen molar-refractivity contribution in [2.75, 3.05) is 26.8 Å². The van der Waals surface area contributed by atoms with E-state index in [0.29, 0.717) is 12.5 Å². The van der Waals surface area contributed by atoms with Gasteiger partial charge >= 0.3 is 0 Å². The van der Waals surface area contributed by atoms with Crippen molar-refractivity contribution in [1.29, 1.82) is 0 Å². The fourth-order valence-electron chi connectivity index (χ4n) is 3.83. The van der Waals surface area contributed by atoms with Crippen molar-refractivity contribution in [3.63, 3.8) is 0 Å². The molecule has 1 N–H and O–H groups in total. The van der Waals surface area contributed by atoms with Gasteiger partial charge in [0, 0.05) is 44.2 Å². The Morgan fingerprint density at radius 1 is 1.32 bits per heavy atom. The van der Waals surface area contributed by atoms with Gasteiger partial charge in [0.15, 0.2) is 0 Å². The normalized spacial score (nSPS) is 27.9. The van der Waals surface area contributed by atoms with E-state index < -0.39 is 5.92 Å². The second kappa shape index (κ2) is 6.33. The van der Waals surface area contributed by atoms with Gasteiger partial charge in [-0.3, -0.25) is 0 Å². The third kappa shape index (κ3) is 3.63. The maximum atomic E-state index is 12.9. The number of hydrogen-bond acceptors (Lipinski definition) is 6. The van der Waals surface area contributed by atoms with Gasteiger partial charge in [-0.1, -0.05) is 0 Å². The Hall–Kier alpha value is -0.960. The van der Waals surface area contributed by atoms with E-state index in [-0.39, 0.29) is 30.5 Å². The molecular weight excluding hydrogens is 348 g/mol. The first-order chi connectivity index (χ1) is 11.9. The van der Waals surface area contributed by atoms with E-state index in [9.17, 15) is 8.78 Å². The number of halogens is 2. The Balaban J connectivity index is 1.27. The summed E-state index contributed by atoms with van der Waals surface area (Å²) in [4.78, 5) is 5.30. The number of rotatable bonds is 5. The molecule has 8 heteroatoms. The van der Waals surface area contributed by atoms with E-state index in [1.165, 1.54) is 0 Å². The third-order valence-electron chi connectivity index (χ3n) is 5.08. The lowest BCUT2D eigenvalue weighted by Gasteiger charge is -2.46. The van der Waals surface area contributed by atoms with Crippen LogP contribution in [0.2, 0.25) is 0 Å². The summed E-state index contributed by atoms with van der Waals surface area (Å²) in [5.74, 6) is -1.84. The number of aromatic nitrogens is 1. The molecule has 0 aromatic carbocycles. The zero-order chi connectivity index (χ0) is 17.7. The number of hydrogen-bond donors (Lipinski definition) is 1. The number of alkyl halides is 2. The van der Waals surface area contributed by atoms with Crippen molar-refractivity contribution in [3.05, 3.63) is 17.8 Å². The maximum Gasteiger partial charge on any atom is 0.251 e. The molecule has 1 unspecified atom stereocenters. The third-order valence-corrected chi connectivity index (χ3v) is 6.08. The zero-order valence-electron chi connectivity index (χ0n) is 14.4.